The van der Waals surface area contributed by atoms with Crippen LogP contribution in [0.5, 0.6) is 0 Å². The highest BCUT2D eigenvalue weighted by molar-refractivity contribution is 7.15. The molecule has 0 heterocycles. The normalized spacial score (nSPS) is 10.4. The van der Waals surface area contributed by atoms with E-state index in [4.69, 9.17) is 5.41 Å². The second kappa shape index (κ2) is 3.89. The van der Waals surface area contributed by atoms with Gasteiger partial charge in [-0.2, -0.15) is 0 Å². The van der Waals surface area contributed by atoms with Crippen LogP contribution < -0.4 is 0 Å². The Kier molecular flexibility index (Phi) is 2.60. The first-order valence-electron chi connectivity index (χ1n) is 4.58. The average Bonchev–Trinajstić information content (AvgIpc) is 2.27. The van der Waals surface area contributed by atoms with Gasteiger partial charge in [0.2, 0.25) is 0 Å². The van der Waals surface area contributed by atoms with Crippen LogP contribution >= 0.6 is 9.24 Å². The zero-order chi connectivity index (χ0) is 9.97. The smallest absolute Gasteiger partial charge is 0.0256 e. The molecule has 0 aliphatic heterocycles. The second-order valence-electron chi connectivity index (χ2n) is 3.21. The van der Waals surface area contributed by atoms with Gasteiger partial charge in [-0.15, -0.1) is 9.24 Å². The maximum Gasteiger partial charge on any atom is 0.0256 e. The maximum absolute atomic E-state index is 7.32. The molecule has 2 rings (SSSR count). The van der Waals surface area contributed by atoms with Crippen LogP contribution in [-0.4, -0.2) is 6.21 Å². The summed E-state index contributed by atoms with van der Waals surface area (Å²) in [5, 5.41) is 9.75. The summed E-state index contributed by atoms with van der Waals surface area (Å²) >= 11 is 0. The van der Waals surface area contributed by atoms with Crippen molar-refractivity contribution in [1.82, 2.24) is 0 Å². The Morgan fingerprint density at radius 1 is 1.07 bits per heavy atom. The van der Waals surface area contributed by atoms with E-state index in [1.54, 1.807) is 0 Å². The molecule has 0 fully saturated rings. The van der Waals surface area contributed by atoms with Crippen LogP contribution in [0.2, 0.25) is 0 Å². The minimum absolute atomic E-state index is 0.957. The number of fused-ring (bicyclic) bond motifs is 1. The lowest BCUT2D eigenvalue weighted by Crippen LogP contribution is -1.87. The van der Waals surface area contributed by atoms with Crippen molar-refractivity contribution in [2.45, 2.75) is 6.16 Å². The zero-order valence-electron chi connectivity index (χ0n) is 7.83. The SMILES string of the molecule is N=Cc1ccc(CP)c2ccccc12. The highest BCUT2D eigenvalue weighted by Gasteiger charge is 2.01. The first-order chi connectivity index (χ1) is 6.86. The largest absolute Gasteiger partial charge is 0.308 e. The molecule has 0 amide bonds. The molecule has 2 aromatic carbocycles. The van der Waals surface area contributed by atoms with Crippen molar-refractivity contribution in [2.75, 3.05) is 0 Å². The van der Waals surface area contributed by atoms with Crippen molar-refractivity contribution in [3.63, 3.8) is 0 Å². The van der Waals surface area contributed by atoms with Gasteiger partial charge in [0, 0.05) is 6.21 Å². The van der Waals surface area contributed by atoms with Gasteiger partial charge in [-0.3, -0.25) is 0 Å². The van der Waals surface area contributed by atoms with Crippen LogP contribution in [0.4, 0.5) is 0 Å². The third-order valence-electron chi connectivity index (χ3n) is 2.42. The molecule has 0 radical (unpaired) electrons. The fourth-order valence-corrected chi connectivity index (χ4v) is 2.04. The molecular weight excluding hydrogens is 189 g/mol. The van der Waals surface area contributed by atoms with Crippen LogP contribution in [0.3, 0.4) is 0 Å². The Balaban J connectivity index is 2.84. The molecule has 0 aliphatic rings. The summed E-state index contributed by atoms with van der Waals surface area (Å²) in [6, 6.07) is 12.3. The van der Waals surface area contributed by atoms with Gasteiger partial charge < -0.3 is 5.41 Å². The highest BCUT2D eigenvalue weighted by atomic mass is 31.0. The van der Waals surface area contributed by atoms with Crippen molar-refractivity contribution in [3.8, 4) is 0 Å². The molecule has 1 nitrogen and oxygen atoms in total. The van der Waals surface area contributed by atoms with E-state index in [2.05, 4.69) is 27.4 Å². The highest BCUT2D eigenvalue weighted by Crippen LogP contribution is 2.23. The van der Waals surface area contributed by atoms with Gasteiger partial charge in [0.1, 0.15) is 0 Å². The van der Waals surface area contributed by atoms with Gasteiger partial charge in [-0.05, 0) is 28.1 Å². The summed E-state index contributed by atoms with van der Waals surface area (Å²) in [4.78, 5) is 0. The molecule has 0 aromatic heterocycles. The Morgan fingerprint density at radius 2 is 1.79 bits per heavy atom. The van der Waals surface area contributed by atoms with Crippen molar-refractivity contribution < 1.29 is 0 Å². The third kappa shape index (κ3) is 1.44. The van der Waals surface area contributed by atoms with E-state index in [-0.39, 0.29) is 0 Å². The van der Waals surface area contributed by atoms with Gasteiger partial charge in [0.15, 0.2) is 0 Å². The van der Waals surface area contributed by atoms with E-state index in [9.17, 15) is 0 Å². The average molecular weight is 201 g/mol. The van der Waals surface area contributed by atoms with Gasteiger partial charge >= 0.3 is 0 Å². The maximum atomic E-state index is 7.32. The van der Waals surface area contributed by atoms with Crippen LogP contribution in [0.15, 0.2) is 36.4 Å². The Morgan fingerprint density at radius 3 is 2.43 bits per heavy atom. The van der Waals surface area contributed by atoms with E-state index >= 15 is 0 Å². The minimum Gasteiger partial charge on any atom is -0.308 e. The first-order valence-corrected chi connectivity index (χ1v) is 5.39. The monoisotopic (exact) mass is 201 g/mol. The molecule has 0 saturated carbocycles. The molecule has 2 aromatic rings. The predicted molar refractivity (Wildman–Crippen MR) is 65.2 cm³/mol. The number of benzene rings is 2. The van der Waals surface area contributed by atoms with E-state index < -0.39 is 0 Å². The van der Waals surface area contributed by atoms with Crippen molar-refractivity contribution in [3.05, 3.63) is 47.5 Å². The number of nitrogens with one attached hydrogen (secondary N) is 1. The summed E-state index contributed by atoms with van der Waals surface area (Å²) in [5.74, 6) is 0. The molecule has 0 bridgehead atoms. The Hall–Kier alpha value is -1.20. The van der Waals surface area contributed by atoms with Gasteiger partial charge in [0.05, 0.1) is 0 Å². The van der Waals surface area contributed by atoms with Crippen LogP contribution in [0.25, 0.3) is 10.8 Å². The van der Waals surface area contributed by atoms with Crippen molar-refractivity contribution in [2.24, 2.45) is 0 Å². The molecule has 1 unspecified atom stereocenters. The molecule has 0 saturated heterocycles. The van der Waals surface area contributed by atoms with E-state index in [0.29, 0.717) is 0 Å². The number of rotatable bonds is 2. The molecule has 14 heavy (non-hydrogen) atoms. The molecule has 0 spiro atoms. The molecule has 2 heteroatoms. The molecule has 1 N–H and O–H groups in total. The number of hydrogen-bond acceptors (Lipinski definition) is 1. The predicted octanol–water partition coefficient (Wildman–Crippen LogP) is 3.21. The topological polar surface area (TPSA) is 23.9 Å². The first kappa shape index (κ1) is 9.36. The fourth-order valence-electron chi connectivity index (χ4n) is 1.69. The van der Waals surface area contributed by atoms with E-state index in [0.717, 1.165) is 11.7 Å². The lowest BCUT2D eigenvalue weighted by molar-refractivity contribution is 1.46. The van der Waals surface area contributed by atoms with Crippen molar-refractivity contribution in [1.29, 1.82) is 5.41 Å². The quantitative estimate of drug-likeness (QED) is 0.569. The summed E-state index contributed by atoms with van der Waals surface area (Å²) in [6.07, 6.45) is 2.37. The lowest BCUT2D eigenvalue weighted by Gasteiger charge is -2.06. The summed E-state index contributed by atoms with van der Waals surface area (Å²) in [6.45, 7) is 0. The van der Waals surface area contributed by atoms with E-state index in [1.165, 1.54) is 22.6 Å². The minimum atomic E-state index is 0.957. The van der Waals surface area contributed by atoms with Gasteiger partial charge in [-0.1, -0.05) is 36.4 Å². The summed E-state index contributed by atoms with van der Waals surface area (Å²) in [5.41, 5.74) is 2.30. The number of hydrogen-bond donors (Lipinski definition) is 1. The van der Waals surface area contributed by atoms with Gasteiger partial charge in [0.25, 0.3) is 0 Å². The molecule has 1 atom stereocenters. The molecule has 70 valence electrons. The Labute approximate surface area is 85.9 Å². The van der Waals surface area contributed by atoms with Crippen LogP contribution in [-0.2, 0) is 6.16 Å². The Bertz CT molecular complexity index is 477. The van der Waals surface area contributed by atoms with Crippen LogP contribution in [0, 0.1) is 5.41 Å². The van der Waals surface area contributed by atoms with Gasteiger partial charge in [-0.25, -0.2) is 0 Å². The zero-order valence-corrected chi connectivity index (χ0v) is 8.98. The second-order valence-corrected chi connectivity index (χ2v) is 3.62. The molecular formula is C12H12NP. The molecule has 0 aliphatic carbocycles. The lowest BCUT2D eigenvalue weighted by atomic mass is 10.0. The van der Waals surface area contributed by atoms with Crippen molar-refractivity contribution >= 4 is 26.2 Å². The third-order valence-corrected chi connectivity index (χ3v) is 2.86. The fraction of sp³-hybridized carbons (Fsp3) is 0.0833. The standard InChI is InChI=1S/C12H12NP/c13-7-9-5-6-10(8-14)12-4-2-1-3-11(9)12/h1-7,13H,8,14H2. The summed E-state index contributed by atoms with van der Waals surface area (Å²) < 4.78 is 0. The summed E-state index contributed by atoms with van der Waals surface area (Å²) in [7, 11) is 2.74. The van der Waals surface area contributed by atoms with E-state index in [1.807, 2.05) is 18.2 Å². The van der Waals surface area contributed by atoms with Crippen LogP contribution in [0.1, 0.15) is 11.1 Å².